The van der Waals surface area contributed by atoms with Crippen LogP contribution in [0.5, 0.6) is 0 Å². The lowest BCUT2D eigenvalue weighted by atomic mass is 10.2. The van der Waals surface area contributed by atoms with Gasteiger partial charge in [0.2, 0.25) is 0 Å². The second kappa shape index (κ2) is 6.06. The predicted molar refractivity (Wildman–Crippen MR) is 68.2 cm³/mol. The second-order valence-corrected chi connectivity index (χ2v) is 4.58. The summed E-state index contributed by atoms with van der Waals surface area (Å²) in [6.07, 6.45) is 2.65. The van der Waals surface area contributed by atoms with E-state index in [0.29, 0.717) is 18.9 Å². The molecule has 0 saturated heterocycles. The molecule has 0 fully saturated rings. The largest absolute Gasteiger partial charge is 0.319 e. The maximum absolute atomic E-state index is 12.6. The van der Waals surface area contributed by atoms with Crippen LogP contribution in [0.3, 0.4) is 0 Å². The van der Waals surface area contributed by atoms with E-state index >= 15 is 0 Å². The van der Waals surface area contributed by atoms with Crippen LogP contribution in [0.25, 0.3) is 0 Å². The topological polar surface area (TPSA) is 29.9 Å². The van der Waals surface area contributed by atoms with Crippen molar-refractivity contribution in [2.45, 2.75) is 19.6 Å². The number of nitrogens with one attached hydrogen (secondary N) is 1. The molecule has 2 aromatic rings. The Morgan fingerprint density at radius 3 is 2.78 bits per heavy atom. The summed E-state index contributed by atoms with van der Waals surface area (Å²) in [6, 6.07) is 7.77. The first kappa shape index (κ1) is 13.2. The average molecular weight is 316 g/mol. The zero-order valence-corrected chi connectivity index (χ0v) is 11.1. The van der Waals surface area contributed by atoms with Gasteiger partial charge in [0.25, 0.3) is 0 Å². The highest BCUT2D eigenvalue weighted by molar-refractivity contribution is 9.10. The van der Waals surface area contributed by atoms with E-state index in [0.717, 1.165) is 14.6 Å². The minimum atomic E-state index is -2.55. The number of benzene rings is 1. The summed E-state index contributed by atoms with van der Waals surface area (Å²) in [5, 5.41) is 3.09. The molecule has 0 amide bonds. The molecule has 0 unspecified atom stereocenters. The molecule has 0 atom stereocenters. The third-order valence-corrected chi connectivity index (χ3v) is 3.29. The fourth-order valence-electron chi connectivity index (χ4n) is 1.61. The molecule has 0 saturated carbocycles. The molecule has 96 valence electrons. The summed E-state index contributed by atoms with van der Waals surface area (Å²) < 4.78 is 27.0. The molecule has 0 spiro atoms. The molecular weight excluding hydrogens is 304 g/mol. The zero-order chi connectivity index (χ0) is 13.0. The van der Waals surface area contributed by atoms with Crippen LogP contribution >= 0.6 is 15.9 Å². The van der Waals surface area contributed by atoms with E-state index < -0.39 is 6.55 Å². The number of nitrogens with zero attached hydrogens (tertiary/aromatic N) is 2. The van der Waals surface area contributed by atoms with Crippen molar-refractivity contribution in [1.82, 2.24) is 14.9 Å². The van der Waals surface area contributed by atoms with Crippen molar-refractivity contribution in [3.05, 3.63) is 52.5 Å². The van der Waals surface area contributed by atoms with Gasteiger partial charge in [0.05, 0.1) is 6.54 Å². The van der Waals surface area contributed by atoms with Crippen molar-refractivity contribution in [1.29, 1.82) is 0 Å². The Morgan fingerprint density at radius 1 is 1.28 bits per heavy atom. The number of imidazole rings is 1. The third kappa shape index (κ3) is 3.14. The first-order valence-electron chi connectivity index (χ1n) is 5.42. The smallest absolute Gasteiger partial charge is 0.306 e. The molecule has 2 rings (SSSR count). The number of halogens is 3. The van der Waals surface area contributed by atoms with Crippen molar-refractivity contribution < 1.29 is 8.78 Å². The van der Waals surface area contributed by atoms with Crippen LogP contribution < -0.4 is 5.32 Å². The number of alkyl halides is 2. The molecule has 1 heterocycles. The highest BCUT2D eigenvalue weighted by atomic mass is 79.9. The van der Waals surface area contributed by atoms with Crippen molar-refractivity contribution in [2.75, 3.05) is 0 Å². The Bertz CT molecular complexity index is 514. The van der Waals surface area contributed by atoms with E-state index in [9.17, 15) is 8.78 Å². The minimum Gasteiger partial charge on any atom is -0.306 e. The first-order chi connectivity index (χ1) is 8.68. The SMILES string of the molecule is FC(F)n1ccnc1CNCc1ccccc1Br. The summed E-state index contributed by atoms with van der Waals surface area (Å²) in [6.45, 7) is -1.65. The van der Waals surface area contributed by atoms with Crippen LogP contribution in [0.4, 0.5) is 8.78 Å². The maximum Gasteiger partial charge on any atom is 0.319 e. The molecule has 0 bridgehead atoms. The van der Waals surface area contributed by atoms with Gasteiger partial charge in [-0.05, 0) is 11.6 Å². The Labute approximate surface area is 112 Å². The van der Waals surface area contributed by atoms with Crippen molar-refractivity contribution in [3.63, 3.8) is 0 Å². The normalized spacial score (nSPS) is 11.1. The molecule has 1 N–H and O–H groups in total. The van der Waals surface area contributed by atoms with Gasteiger partial charge in [0.15, 0.2) is 0 Å². The lowest BCUT2D eigenvalue weighted by Crippen LogP contribution is -2.17. The van der Waals surface area contributed by atoms with Gasteiger partial charge in [0, 0.05) is 23.4 Å². The van der Waals surface area contributed by atoms with E-state index in [2.05, 4.69) is 26.2 Å². The molecule has 1 aromatic carbocycles. The molecule has 0 aliphatic carbocycles. The monoisotopic (exact) mass is 315 g/mol. The van der Waals surface area contributed by atoms with Crippen molar-refractivity contribution >= 4 is 15.9 Å². The van der Waals surface area contributed by atoms with Crippen molar-refractivity contribution in [3.8, 4) is 0 Å². The van der Waals surface area contributed by atoms with Gasteiger partial charge in [-0.3, -0.25) is 4.57 Å². The Morgan fingerprint density at radius 2 is 2.06 bits per heavy atom. The van der Waals surface area contributed by atoms with Gasteiger partial charge in [-0.15, -0.1) is 0 Å². The minimum absolute atomic E-state index is 0.304. The van der Waals surface area contributed by atoms with Crippen LogP contribution in [0.15, 0.2) is 41.1 Å². The van der Waals surface area contributed by atoms with Crippen molar-refractivity contribution in [2.24, 2.45) is 0 Å². The summed E-state index contributed by atoms with van der Waals surface area (Å²) in [4.78, 5) is 3.90. The Hall–Kier alpha value is -1.27. The molecule has 0 radical (unpaired) electrons. The number of hydrogen-bond acceptors (Lipinski definition) is 2. The molecule has 3 nitrogen and oxygen atoms in total. The maximum atomic E-state index is 12.6. The Balaban J connectivity index is 1.93. The summed E-state index contributed by atoms with van der Waals surface area (Å²) in [5.41, 5.74) is 1.08. The van der Waals surface area contributed by atoms with Crippen LogP contribution in [-0.2, 0) is 13.1 Å². The van der Waals surface area contributed by atoms with Gasteiger partial charge < -0.3 is 5.32 Å². The quantitative estimate of drug-likeness (QED) is 0.917. The van der Waals surface area contributed by atoms with E-state index in [-0.39, 0.29) is 0 Å². The fourth-order valence-corrected chi connectivity index (χ4v) is 2.03. The molecule has 6 heteroatoms. The van der Waals surface area contributed by atoms with Crippen LogP contribution in [0.1, 0.15) is 17.9 Å². The number of hydrogen-bond donors (Lipinski definition) is 1. The second-order valence-electron chi connectivity index (χ2n) is 3.72. The van der Waals surface area contributed by atoms with Crippen LogP contribution in [0.2, 0.25) is 0 Å². The van der Waals surface area contributed by atoms with Gasteiger partial charge in [-0.1, -0.05) is 34.1 Å². The Kier molecular flexibility index (Phi) is 4.43. The third-order valence-electron chi connectivity index (χ3n) is 2.52. The number of rotatable bonds is 5. The lowest BCUT2D eigenvalue weighted by molar-refractivity contribution is 0.0666. The van der Waals surface area contributed by atoms with E-state index in [1.807, 2.05) is 24.3 Å². The van der Waals surface area contributed by atoms with Gasteiger partial charge in [-0.25, -0.2) is 4.98 Å². The first-order valence-corrected chi connectivity index (χ1v) is 6.22. The summed E-state index contributed by atoms with van der Waals surface area (Å²) in [5.74, 6) is 0.331. The van der Waals surface area contributed by atoms with E-state index in [1.54, 1.807) is 0 Å². The fraction of sp³-hybridized carbons (Fsp3) is 0.250. The molecule has 18 heavy (non-hydrogen) atoms. The lowest BCUT2D eigenvalue weighted by Gasteiger charge is -2.08. The molecule has 0 aliphatic heterocycles. The molecule has 0 aliphatic rings. The summed E-state index contributed by atoms with van der Waals surface area (Å²) >= 11 is 3.43. The average Bonchev–Trinajstić information content (AvgIpc) is 2.80. The highest BCUT2D eigenvalue weighted by Crippen LogP contribution is 2.16. The van der Waals surface area contributed by atoms with E-state index in [1.165, 1.54) is 12.4 Å². The number of aromatic nitrogens is 2. The van der Waals surface area contributed by atoms with Gasteiger partial charge >= 0.3 is 6.55 Å². The van der Waals surface area contributed by atoms with Crippen LogP contribution in [0, 0.1) is 0 Å². The summed E-state index contributed by atoms with van der Waals surface area (Å²) in [7, 11) is 0. The zero-order valence-electron chi connectivity index (χ0n) is 9.48. The van der Waals surface area contributed by atoms with E-state index in [4.69, 9.17) is 0 Å². The van der Waals surface area contributed by atoms with Gasteiger partial charge in [-0.2, -0.15) is 8.78 Å². The molecule has 1 aromatic heterocycles. The predicted octanol–water partition coefficient (Wildman–Crippen LogP) is 3.33. The van der Waals surface area contributed by atoms with Crippen LogP contribution in [-0.4, -0.2) is 9.55 Å². The standard InChI is InChI=1S/C12H12BrF2N3/c13-10-4-2-1-3-9(10)7-16-8-11-17-5-6-18(11)12(14)15/h1-6,12,16H,7-8H2. The highest BCUT2D eigenvalue weighted by Gasteiger charge is 2.10. The van der Waals surface area contributed by atoms with Gasteiger partial charge in [0.1, 0.15) is 5.82 Å². The molecular formula is C12H12BrF2N3.